The van der Waals surface area contributed by atoms with Crippen LogP contribution in [0.4, 0.5) is 4.79 Å². The molecule has 1 N–H and O–H groups in total. The van der Waals surface area contributed by atoms with Gasteiger partial charge in [-0.3, -0.25) is 9.69 Å². The van der Waals surface area contributed by atoms with E-state index in [1.54, 1.807) is 7.05 Å². The number of hydrogen-bond donors (Lipinski definition) is 1. The number of para-hydroxylation sites is 2. The van der Waals surface area contributed by atoms with Crippen molar-refractivity contribution < 1.29 is 19.1 Å². The molecule has 0 aromatic heterocycles. The van der Waals surface area contributed by atoms with Crippen LogP contribution in [0.15, 0.2) is 24.3 Å². The predicted molar refractivity (Wildman–Crippen MR) is 108 cm³/mol. The van der Waals surface area contributed by atoms with Gasteiger partial charge >= 0.3 is 6.03 Å². The van der Waals surface area contributed by atoms with E-state index in [0.29, 0.717) is 24.6 Å². The van der Waals surface area contributed by atoms with E-state index >= 15 is 0 Å². The number of rotatable bonds is 3. The number of carbonyl (C=O) groups is 2. The first-order valence-electron chi connectivity index (χ1n) is 10.5. The van der Waals surface area contributed by atoms with Crippen molar-refractivity contribution in [3.8, 4) is 11.5 Å². The number of nitrogens with one attached hydrogen (secondary N) is 1. The molecule has 2 saturated heterocycles. The van der Waals surface area contributed by atoms with Gasteiger partial charge in [-0.25, -0.2) is 4.79 Å². The average molecular weight is 402 g/mol. The van der Waals surface area contributed by atoms with E-state index in [2.05, 4.69) is 17.1 Å². The van der Waals surface area contributed by atoms with E-state index < -0.39 is 6.10 Å². The normalized spacial score (nSPS) is 27.0. The Kier molecular flexibility index (Phi) is 5.54. The van der Waals surface area contributed by atoms with Crippen molar-refractivity contribution in [1.82, 2.24) is 20.0 Å². The van der Waals surface area contributed by atoms with Gasteiger partial charge in [0.15, 0.2) is 11.5 Å². The zero-order valence-electron chi connectivity index (χ0n) is 17.2. The highest BCUT2D eigenvalue weighted by molar-refractivity contribution is 5.82. The first-order chi connectivity index (χ1) is 14.1. The third-order valence-corrected chi connectivity index (χ3v) is 6.54. The minimum atomic E-state index is -0.591. The van der Waals surface area contributed by atoms with E-state index in [1.807, 2.05) is 34.1 Å². The molecular weight excluding hydrogens is 372 g/mol. The molecule has 0 bridgehead atoms. The quantitative estimate of drug-likeness (QED) is 0.822. The summed E-state index contributed by atoms with van der Waals surface area (Å²) in [5, 5.41) is 2.73. The van der Waals surface area contributed by atoms with Crippen LogP contribution in [0.25, 0.3) is 0 Å². The van der Waals surface area contributed by atoms with Gasteiger partial charge in [-0.15, -0.1) is 0 Å². The van der Waals surface area contributed by atoms with Crippen LogP contribution >= 0.6 is 0 Å². The third-order valence-electron chi connectivity index (χ3n) is 6.54. The lowest BCUT2D eigenvalue weighted by atomic mass is 9.92. The van der Waals surface area contributed by atoms with Crippen molar-refractivity contribution in [2.75, 3.05) is 52.9 Å². The van der Waals surface area contributed by atoms with Crippen LogP contribution < -0.4 is 14.8 Å². The summed E-state index contributed by atoms with van der Waals surface area (Å²) in [7, 11) is 1.67. The van der Waals surface area contributed by atoms with E-state index in [1.165, 1.54) is 0 Å². The Morgan fingerprint density at radius 3 is 2.52 bits per heavy atom. The number of likely N-dealkylation sites (tertiary alicyclic amines) is 1. The number of carbonyl (C=O) groups excluding carboxylic acids is 2. The summed E-state index contributed by atoms with van der Waals surface area (Å²) in [5.41, 5.74) is 0.00500. The first-order valence-corrected chi connectivity index (χ1v) is 10.5. The minimum Gasteiger partial charge on any atom is -0.485 e. The van der Waals surface area contributed by atoms with Crippen molar-refractivity contribution in [2.45, 2.75) is 31.4 Å². The van der Waals surface area contributed by atoms with Gasteiger partial charge in [-0.1, -0.05) is 19.1 Å². The van der Waals surface area contributed by atoms with Crippen LogP contribution in [0.5, 0.6) is 11.5 Å². The van der Waals surface area contributed by atoms with E-state index in [0.717, 1.165) is 39.0 Å². The zero-order valence-corrected chi connectivity index (χ0v) is 17.2. The molecule has 0 radical (unpaired) electrons. The highest BCUT2D eigenvalue weighted by Gasteiger charge is 2.44. The van der Waals surface area contributed by atoms with E-state index in [4.69, 9.17) is 9.47 Å². The Labute approximate surface area is 171 Å². The second-order valence-electron chi connectivity index (χ2n) is 7.98. The Morgan fingerprint density at radius 2 is 1.83 bits per heavy atom. The summed E-state index contributed by atoms with van der Waals surface area (Å²) < 4.78 is 11.6. The molecule has 3 heterocycles. The fourth-order valence-electron chi connectivity index (χ4n) is 4.70. The summed E-state index contributed by atoms with van der Waals surface area (Å²) in [6, 6.07) is 7.44. The van der Waals surface area contributed by atoms with Crippen LogP contribution in [0.2, 0.25) is 0 Å². The summed E-state index contributed by atoms with van der Waals surface area (Å²) in [4.78, 5) is 31.2. The molecule has 1 aromatic carbocycles. The zero-order chi connectivity index (χ0) is 20.4. The second kappa shape index (κ2) is 8.10. The monoisotopic (exact) mass is 402 g/mol. The maximum Gasteiger partial charge on any atom is 0.317 e. The molecule has 3 aliphatic rings. The van der Waals surface area contributed by atoms with Crippen molar-refractivity contribution >= 4 is 11.9 Å². The molecule has 2 atom stereocenters. The summed E-state index contributed by atoms with van der Waals surface area (Å²) in [5.74, 6) is 1.30. The number of nitrogens with zero attached hydrogens (tertiary/aromatic N) is 3. The maximum absolute atomic E-state index is 13.0. The van der Waals surface area contributed by atoms with E-state index in [9.17, 15) is 9.59 Å². The van der Waals surface area contributed by atoms with Crippen molar-refractivity contribution in [2.24, 2.45) is 0 Å². The van der Waals surface area contributed by atoms with Gasteiger partial charge in [0.05, 0.1) is 0 Å². The highest BCUT2D eigenvalue weighted by Crippen LogP contribution is 2.33. The van der Waals surface area contributed by atoms with Gasteiger partial charge < -0.3 is 24.6 Å². The number of hydrogen-bond acceptors (Lipinski definition) is 5. The Bertz CT molecular complexity index is 765. The Morgan fingerprint density at radius 1 is 1.10 bits per heavy atom. The molecule has 0 spiro atoms. The van der Waals surface area contributed by atoms with Crippen LogP contribution in [0, 0.1) is 0 Å². The summed E-state index contributed by atoms with van der Waals surface area (Å²) in [6.07, 6.45) is 1.37. The summed E-state index contributed by atoms with van der Waals surface area (Å²) >= 11 is 0. The molecule has 29 heavy (non-hydrogen) atoms. The first kappa shape index (κ1) is 19.8. The Hall–Kier alpha value is -2.48. The molecule has 3 aliphatic heterocycles. The molecule has 4 rings (SSSR count). The molecule has 3 amide bonds. The summed E-state index contributed by atoms with van der Waals surface area (Å²) in [6.45, 7) is 6.92. The molecule has 8 heteroatoms. The molecule has 0 saturated carbocycles. The van der Waals surface area contributed by atoms with Crippen molar-refractivity contribution in [1.29, 1.82) is 0 Å². The molecule has 2 fully saturated rings. The molecule has 0 aliphatic carbocycles. The number of fused-ring (bicyclic) bond motifs is 1. The largest absolute Gasteiger partial charge is 0.485 e. The minimum absolute atomic E-state index is 0.00500. The van der Waals surface area contributed by atoms with Gasteiger partial charge in [0, 0.05) is 51.9 Å². The fraction of sp³-hybridized carbons (Fsp3) is 0.619. The molecular formula is C21H30N4O4. The number of urea groups is 1. The van der Waals surface area contributed by atoms with Gasteiger partial charge in [-0.2, -0.15) is 0 Å². The van der Waals surface area contributed by atoms with Crippen LogP contribution in [-0.4, -0.2) is 91.2 Å². The molecule has 158 valence electrons. The predicted octanol–water partition coefficient (Wildman–Crippen LogP) is 1.16. The topological polar surface area (TPSA) is 74.4 Å². The van der Waals surface area contributed by atoms with Crippen LogP contribution in [0.1, 0.15) is 19.8 Å². The SMILES string of the molecule is CCC1(N2CCN(C(=O)C3COc4ccccc4O3)CC2)CCN(C(=O)NC)C1. The number of piperazine rings is 1. The number of ether oxygens (including phenoxy) is 2. The van der Waals surface area contributed by atoms with Crippen molar-refractivity contribution in [3.05, 3.63) is 24.3 Å². The smallest absolute Gasteiger partial charge is 0.317 e. The average Bonchev–Trinajstić information content (AvgIpc) is 3.24. The molecule has 1 aromatic rings. The van der Waals surface area contributed by atoms with Crippen LogP contribution in [-0.2, 0) is 4.79 Å². The fourth-order valence-corrected chi connectivity index (χ4v) is 4.70. The standard InChI is InChI=1S/C21H30N4O4/c1-3-21(8-9-24(15-21)20(27)22-2)25-12-10-23(11-13-25)19(26)18-14-28-16-6-4-5-7-17(16)29-18/h4-7,18H,3,8-15H2,1-2H3,(H,22,27). The maximum atomic E-state index is 13.0. The molecule has 2 unspecified atom stereocenters. The lowest BCUT2D eigenvalue weighted by molar-refractivity contribution is -0.144. The third kappa shape index (κ3) is 3.73. The Balaban J connectivity index is 1.34. The number of amides is 3. The lowest BCUT2D eigenvalue weighted by Gasteiger charge is -2.46. The van der Waals surface area contributed by atoms with E-state index in [-0.39, 0.29) is 24.1 Å². The van der Waals surface area contributed by atoms with Crippen molar-refractivity contribution in [3.63, 3.8) is 0 Å². The van der Waals surface area contributed by atoms with Gasteiger partial charge in [0.2, 0.25) is 6.10 Å². The highest BCUT2D eigenvalue weighted by atomic mass is 16.6. The van der Waals surface area contributed by atoms with Gasteiger partial charge in [-0.05, 0) is 25.0 Å². The molecule has 8 nitrogen and oxygen atoms in total. The lowest BCUT2D eigenvalue weighted by Crippen LogP contribution is -2.60. The second-order valence-corrected chi connectivity index (χ2v) is 7.98. The van der Waals surface area contributed by atoms with Gasteiger partial charge in [0.25, 0.3) is 5.91 Å². The van der Waals surface area contributed by atoms with Crippen LogP contribution in [0.3, 0.4) is 0 Å². The number of benzene rings is 1. The van der Waals surface area contributed by atoms with Gasteiger partial charge in [0.1, 0.15) is 6.61 Å².